The number of hydrogen-bond acceptors (Lipinski definition) is 6. The summed E-state index contributed by atoms with van der Waals surface area (Å²) in [5.41, 5.74) is -0.345. The maximum absolute atomic E-state index is 12.7. The third-order valence-corrected chi connectivity index (χ3v) is 4.56. The quantitative estimate of drug-likeness (QED) is 0.733. The number of rotatable bonds is 3. The molecule has 0 radical (unpaired) electrons. The third kappa shape index (κ3) is 2.53. The monoisotopic (exact) mass is 364 g/mol. The number of hydrogen-bond donors (Lipinski definition) is 2. The molecule has 2 heterocycles. The number of carbonyl (C=O) groups is 1. The standard InChI is InChI=1S/C19H16N4O4/c1-19(18(25)26)21-14-6-4-3-5-13(14)16-20-17(24)15(22-23(16)19)11-7-9-12(27-2)10-8-11/h3-10,21H,1-2H3,(H,25,26)/t19-/m0/s1. The van der Waals surface area contributed by atoms with Crippen LogP contribution in [0.15, 0.2) is 53.3 Å². The van der Waals surface area contributed by atoms with Crippen LogP contribution in [0.1, 0.15) is 6.92 Å². The second-order valence-electron chi connectivity index (χ2n) is 6.28. The Hall–Kier alpha value is -3.68. The SMILES string of the molecule is COc1ccc(-c2nn3c(nc2=O)-c2ccccc2N[C@]3(C)C(=O)O)cc1. The van der Waals surface area contributed by atoms with Gasteiger partial charge in [-0.2, -0.15) is 10.1 Å². The summed E-state index contributed by atoms with van der Waals surface area (Å²) in [7, 11) is 1.55. The Morgan fingerprint density at radius 3 is 2.56 bits per heavy atom. The van der Waals surface area contributed by atoms with E-state index in [1.54, 1.807) is 55.6 Å². The summed E-state index contributed by atoms with van der Waals surface area (Å²) in [6, 6.07) is 13.8. The number of methoxy groups -OCH3 is 1. The first kappa shape index (κ1) is 16.8. The molecule has 1 atom stereocenters. The number of fused-ring (bicyclic) bond motifs is 3. The first-order chi connectivity index (χ1) is 12.9. The largest absolute Gasteiger partial charge is 0.497 e. The Labute approximate surface area is 154 Å². The maximum Gasteiger partial charge on any atom is 0.352 e. The highest BCUT2D eigenvalue weighted by atomic mass is 16.5. The molecule has 1 aliphatic heterocycles. The molecule has 0 spiro atoms. The van der Waals surface area contributed by atoms with Crippen LogP contribution in [0.4, 0.5) is 5.69 Å². The van der Waals surface area contributed by atoms with Crippen molar-refractivity contribution in [2.75, 3.05) is 12.4 Å². The number of aliphatic carboxylic acids is 1. The van der Waals surface area contributed by atoms with Gasteiger partial charge >= 0.3 is 5.97 Å². The van der Waals surface area contributed by atoms with Crippen molar-refractivity contribution in [3.63, 3.8) is 0 Å². The molecule has 0 aliphatic carbocycles. The number of carboxylic acids is 1. The topological polar surface area (TPSA) is 106 Å². The van der Waals surface area contributed by atoms with Gasteiger partial charge in [-0.3, -0.25) is 4.79 Å². The van der Waals surface area contributed by atoms with Crippen LogP contribution in [0.5, 0.6) is 5.75 Å². The molecule has 8 nitrogen and oxygen atoms in total. The molecule has 3 aromatic rings. The summed E-state index contributed by atoms with van der Waals surface area (Å²) in [6.45, 7) is 1.48. The Bertz CT molecular complexity index is 1110. The van der Waals surface area contributed by atoms with Gasteiger partial charge in [0, 0.05) is 16.8 Å². The van der Waals surface area contributed by atoms with Crippen LogP contribution < -0.4 is 15.6 Å². The minimum absolute atomic E-state index is 0.0649. The van der Waals surface area contributed by atoms with Crippen molar-refractivity contribution in [1.29, 1.82) is 0 Å². The van der Waals surface area contributed by atoms with E-state index in [9.17, 15) is 14.7 Å². The molecule has 1 aliphatic rings. The fraction of sp³-hybridized carbons (Fsp3) is 0.158. The molecule has 0 fully saturated rings. The second kappa shape index (κ2) is 5.94. The molecule has 27 heavy (non-hydrogen) atoms. The molecular weight excluding hydrogens is 348 g/mol. The van der Waals surface area contributed by atoms with Crippen LogP contribution in [0.3, 0.4) is 0 Å². The summed E-state index contributed by atoms with van der Waals surface area (Å²) in [4.78, 5) is 28.8. The number of aromatic nitrogens is 3. The fourth-order valence-electron chi connectivity index (χ4n) is 3.05. The molecule has 8 heteroatoms. The van der Waals surface area contributed by atoms with Crippen molar-refractivity contribution in [3.8, 4) is 28.4 Å². The zero-order chi connectivity index (χ0) is 19.2. The number of nitrogens with zero attached hydrogens (tertiary/aromatic N) is 3. The van der Waals surface area contributed by atoms with Gasteiger partial charge in [0.15, 0.2) is 11.5 Å². The first-order valence-corrected chi connectivity index (χ1v) is 8.21. The normalized spacial score (nSPS) is 17.4. The third-order valence-electron chi connectivity index (χ3n) is 4.56. The molecule has 0 saturated carbocycles. The summed E-state index contributed by atoms with van der Waals surface area (Å²) in [5, 5.41) is 17.2. The van der Waals surface area contributed by atoms with Gasteiger partial charge in [0.25, 0.3) is 5.56 Å². The Balaban J connectivity index is 1.98. The minimum atomic E-state index is -1.59. The van der Waals surface area contributed by atoms with Gasteiger partial charge in [-0.1, -0.05) is 12.1 Å². The lowest BCUT2D eigenvalue weighted by Gasteiger charge is -2.35. The van der Waals surface area contributed by atoms with Crippen molar-refractivity contribution < 1.29 is 14.6 Å². The number of benzene rings is 2. The minimum Gasteiger partial charge on any atom is -0.497 e. The molecule has 136 valence electrons. The van der Waals surface area contributed by atoms with Crippen molar-refractivity contribution in [3.05, 3.63) is 58.9 Å². The second-order valence-corrected chi connectivity index (χ2v) is 6.28. The van der Waals surface area contributed by atoms with Gasteiger partial charge < -0.3 is 15.2 Å². The van der Waals surface area contributed by atoms with Crippen LogP contribution in [-0.4, -0.2) is 33.0 Å². The molecule has 0 bridgehead atoms. The maximum atomic E-state index is 12.7. The smallest absolute Gasteiger partial charge is 0.352 e. The lowest BCUT2D eigenvalue weighted by atomic mass is 10.0. The van der Waals surface area contributed by atoms with E-state index >= 15 is 0 Å². The van der Waals surface area contributed by atoms with Crippen molar-refractivity contribution in [2.24, 2.45) is 0 Å². The molecular formula is C19H16N4O4. The lowest BCUT2D eigenvalue weighted by Crippen LogP contribution is -2.51. The Kier molecular flexibility index (Phi) is 3.69. The number of nitrogens with one attached hydrogen (secondary N) is 1. The molecule has 1 aromatic heterocycles. The van der Waals surface area contributed by atoms with Crippen LogP contribution in [0, 0.1) is 0 Å². The summed E-state index contributed by atoms with van der Waals surface area (Å²) < 4.78 is 6.37. The van der Waals surface area contributed by atoms with E-state index in [1.165, 1.54) is 11.6 Å². The van der Waals surface area contributed by atoms with Crippen LogP contribution >= 0.6 is 0 Å². The van der Waals surface area contributed by atoms with Crippen LogP contribution in [0.25, 0.3) is 22.6 Å². The van der Waals surface area contributed by atoms with Crippen molar-refractivity contribution >= 4 is 11.7 Å². The van der Waals surface area contributed by atoms with Gasteiger partial charge in [-0.05, 0) is 43.3 Å². The fourth-order valence-corrected chi connectivity index (χ4v) is 3.05. The van der Waals surface area contributed by atoms with E-state index < -0.39 is 17.2 Å². The van der Waals surface area contributed by atoms with Gasteiger partial charge in [0.2, 0.25) is 5.66 Å². The van der Waals surface area contributed by atoms with Crippen LogP contribution in [0.2, 0.25) is 0 Å². The summed E-state index contributed by atoms with van der Waals surface area (Å²) >= 11 is 0. The predicted octanol–water partition coefficient (Wildman–Crippen LogP) is 2.16. The zero-order valence-corrected chi connectivity index (χ0v) is 14.6. The highest BCUT2D eigenvalue weighted by molar-refractivity contribution is 5.87. The summed E-state index contributed by atoms with van der Waals surface area (Å²) in [6.07, 6.45) is 0. The number of anilines is 1. The van der Waals surface area contributed by atoms with Gasteiger partial charge in [0.05, 0.1) is 7.11 Å². The Morgan fingerprint density at radius 1 is 1.19 bits per heavy atom. The highest BCUT2D eigenvalue weighted by Crippen LogP contribution is 2.36. The predicted molar refractivity (Wildman–Crippen MR) is 98.6 cm³/mol. The van der Waals surface area contributed by atoms with E-state index in [4.69, 9.17) is 4.74 Å². The number of para-hydroxylation sites is 1. The molecule has 0 saturated heterocycles. The van der Waals surface area contributed by atoms with E-state index in [2.05, 4.69) is 15.4 Å². The van der Waals surface area contributed by atoms with Gasteiger partial charge in [-0.25, -0.2) is 9.48 Å². The molecule has 0 unspecified atom stereocenters. The van der Waals surface area contributed by atoms with Gasteiger partial charge in [-0.15, -0.1) is 0 Å². The average molecular weight is 364 g/mol. The zero-order valence-electron chi connectivity index (χ0n) is 14.6. The molecule has 0 amide bonds. The highest BCUT2D eigenvalue weighted by Gasteiger charge is 2.42. The van der Waals surface area contributed by atoms with E-state index in [0.29, 0.717) is 22.6 Å². The van der Waals surface area contributed by atoms with Crippen molar-refractivity contribution in [1.82, 2.24) is 14.8 Å². The number of ether oxygens (including phenoxy) is 1. The van der Waals surface area contributed by atoms with Gasteiger partial charge in [0.1, 0.15) is 5.75 Å². The molecule has 4 rings (SSSR count). The molecule has 2 aromatic carbocycles. The average Bonchev–Trinajstić information content (AvgIpc) is 2.68. The lowest BCUT2D eigenvalue weighted by molar-refractivity contribution is -0.145. The van der Waals surface area contributed by atoms with E-state index in [0.717, 1.165) is 0 Å². The summed E-state index contributed by atoms with van der Waals surface area (Å²) in [5.74, 6) is -0.302. The Morgan fingerprint density at radius 2 is 1.89 bits per heavy atom. The van der Waals surface area contributed by atoms with E-state index in [1.807, 2.05) is 0 Å². The van der Waals surface area contributed by atoms with Crippen LogP contribution in [-0.2, 0) is 10.5 Å². The first-order valence-electron chi connectivity index (χ1n) is 8.21. The van der Waals surface area contributed by atoms with Crippen molar-refractivity contribution in [2.45, 2.75) is 12.6 Å². The van der Waals surface area contributed by atoms with E-state index in [-0.39, 0.29) is 11.5 Å². The number of carboxylic acid groups (broad SMARTS) is 1. The molecule has 2 N–H and O–H groups in total.